The Balaban J connectivity index is 1.69. The first-order valence-corrected chi connectivity index (χ1v) is 7.20. The Morgan fingerprint density at radius 3 is 2.73 bits per heavy atom. The standard InChI is InChI=1S/C15H16F3N3O/c16-13-11(9-3-5-19-6-4-9)1-2-12(21-13)14(22)20-10-7-15(17,18)8-10/h1-3,10,19H,4-8H2,(H,20,22). The van der Waals surface area contributed by atoms with Crippen LogP contribution in [0.5, 0.6) is 0 Å². The van der Waals surface area contributed by atoms with Gasteiger partial charge in [-0.1, -0.05) is 6.08 Å². The molecule has 2 N–H and O–H groups in total. The fraction of sp³-hybridized carbons (Fsp3) is 0.467. The van der Waals surface area contributed by atoms with Gasteiger partial charge in [-0.2, -0.15) is 4.39 Å². The largest absolute Gasteiger partial charge is 0.348 e. The second-order valence-electron chi connectivity index (χ2n) is 5.65. The van der Waals surface area contributed by atoms with E-state index in [-0.39, 0.29) is 18.5 Å². The normalized spacial score (nSPS) is 21.0. The van der Waals surface area contributed by atoms with Crippen molar-refractivity contribution in [1.82, 2.24) is 15.6 Å². The number of nitrogens with zero attached hydrogens (tertiary/aromatic N) is 1. The van der Waals surface area contributed by atoms with Crippen LogP contribution in [0.15, 0.2) is 18.2 Å². The zero-order valence-corrected chi connectivity index (χ0v) is 11.8. The van der Waals surface area contributed by atoms with Gasteiger partial charge in [-0.05, 0) is 30.7 Å². The van der Waals surface area contributed by atoms with E-state index in [0.717, 1.165) is 12.1 Å². The van der Waals surface area contributed by atoms with E-state index in [4.69, 9.17) is 0 Å². The van der Waals surface area contributed by atoms with E-state index < -0.39 is 23.8 Å². The van der Waals surface area contributed by atoms with Gasteiger partial charge in [0.25, 0.3) is 11.8 Å². The number of hydrogen-bond donors (Lipinski definition) is 2. The summed E-state index contributed by atoms with van der Waals surface area (Å²) >= 11 is 0. The Bertz CT molecular complexity index is 622. The minimum atomic E-state index is -2.71. The Morgan fingerprint density at radius 1 is 1.36 bits per heavy atom. The number of hydrogen-bond acceptors (Lipinski definition) is 3. The molecule has 22 heavy (non-hydrogen) atoms. The number of rotatable bonds is 3. The summed E-state index contributed by atoms with van der Waals surface area (Å²) in [7, 11) is 0. The molecule has 1 saturated carbocycles. The van der Waals surface area contributed by atoms with Crippen LogP contribution in [0.3, 0.4) is 0 Å². The lowest BCUT2D eigenvalue weighted by atomic mass is 9.88. The lowest BCUT2D eigenvalue weighted by Crippen LogP contribution is -2.50. The molecule has 1 aromatic heterocycles. The van der Waals surface area contributed by atoms with Gasteiger partial charge in [0.2, 0.25) is 5.95 Å². The molecule has 0 aromatic carbocycles. The Morgan fingerprint density at radius 2 is 2.14 bits per heavy atom. The molecule has 0 saturated heterocycles. The molecule has 3 rings (SSSR count). The molecule has 0 radical (unpaired) electrons. The third kappa shape index (κ3) is 3.14. The van der Waals surface area contributed by atoms with Gasteiger partial charge in [0.15, 0.2) is 0 Å². The summed E-state index contributed by atoms with van der Waals surface area (Å²) in [6.07, 6.45) is 1.83. The SMILES string of the molecule is O=C(NC1CC(F)(F)C1)c1ccc(C2=CCNCC2)c(F)n1. The molecule has 4 nitrogen and oxygen atoms in total. The molecular formula is C15H16F3N3O. The molecule has 1 aromatic rings. The van der Waals surface area contributed by atoms with Gasteiger partial charge in [-0.3, -0.25) is 4.79 Å². The van der Waals surface area contributed by atoms with Crippen molar-refractivity contribution in [2.24, 2.45) is 0 Å². The number of alkyl halides is 2. The lowest BCUT2D eigenvalue weighted by molar-refractivity contribution is -0.0901. The fourth-order valence-corrected chi connectivity index (χ4v) is 2.69. The van der Waals surface area contributed by atoms with Gasteiger partial charge in [-0.25, -0.2) is 13.8 Å². The Labute approximate surface area is 125 Å². The number of carbonyl (C=O) groups is 1. The number of amides is 1. The highest BCUT2D eigenvalue weighted by molar-refractivity contribution is 5.92. The molecule has 7 heteroatoms. The summed E-state index contributed by atoms with van der Waals surface area (Å²) in [6.45, 7) is 1.44. The number of aromatic nitrogens is 1. The second kappa shape index (κ2) is 5.72. The molecule has 1 aliphatic heterocycles. The fourth-order valence-electron chi connectivity index (χ4n) is 2.69. The number of nitrogens with one attached hydrogen (secondary N) is 2. The summed E-state index contributed by atoms with van der Waals surface area (Å²) in [6, 6.07) is 2.37. The van der Waals surface area contributed by atoms with Crippen LogP contribution in [-0.2, 0) is 0 Å². The zero-order valence-electron chi connectivity index (χ0n) is 11.8. The predicted octanol–water partition coefficient (Wildman–Crippen LogP) is 2.12. The van der Waals surface area contributed by atoms with Gasteiger partial charge in [0.1, 0.15) is 5.69 Å². The average molecular weight is 311 g/mol. The van der Waals surface area contributed by atoms with Crippen molar-refractivity contribution >= 4 is 11.5 Å². The highest BCUT2D eigenvalue weighted by atomic mass is 19.3. The Hall–Kier alpha value is -1.89. The van der Waals surface area contributed by atoms with Crippen molar-refractivity contribution in [3.05, 3.63) is 35.4 Å². The van der Waals surface area contributed by atoms with E-state index in [0.29, 0.717) is 18.5 Å². The summed E-state index contributed by atoms with van der Waals surface area (Å²) in [5.41, 5.74) is 1.15. The first kappa shape index (κ1) is 15.0. The molecule has 0 unspecified atom stereocenters. The van der Waals surface area contributed by atoms with Gasteiger partial charge >= 0.3 is 0 Å². The zero-order chi connectivity index (χ0) is 15.7. The Kier molecular flexibility index (Phi) is 3.90. The summed E-state index contributed by atoms with van der Waals surface area (Å²) in [5.74, 6) is -4.04. The van der Waals surface area contributed by atoms with Crippen molar-refractivity contribution < 1.29 is 18.0 Å². The molecule has 2 aliphatic rings. The van der Waals surface area contributed by atoms with Crippen molar-refractivity contribution in [3.63, 3.8) is 0 Å². The maximum atomic E-state index is 14.1. The quantitative estimate of drug-likeness (QED) is 0.841. The van der Waals surface area contributed by atoms with Crippen LogP contribution in [0.25, 0.3) is 5.57 Å². The molecule has 0 spiro atoms. The molecule has 118 valence electrons. The monoisotopic (exact) mass is 311 g/mol. The van der Waals surface area contributed by atoms with E-state index in [1.165, 1.54) is 12.1 Å². The van der Waals surface area contributed by atoms with Crippen LogP contribution in [0.1, 0.15) is 35.3 Å². The predicted molar refractivity (Wildman–Crippen MR) is 75.1 cm³/mol. The lowest BCUT2D eigenvalue weighted by Gasteiger charge is -2.35. The number of halogens is 3. The molecule has 1 amide bonds. The van der Waals surface area contributed by atoms with Crippen LogP contribution in [0.2, 0.25) is 0 Å². The second-order valence-corrected chi connectivity index (χ2v) is 5.65. The first-order chi connectivity index (χ1) is 10.4. The van der Waals surface area contributed by atoms with Crippen LogP contribution in [0, 0.1) is 5.95 Å². The highest BCUT2D eigenvalue weighted by Gasteiger charge is 2.46. The van der Waals surface area contributed by atoms with Crippen LogP contribution in [-0.4, -0.2) is 35.9 Å². The van der Waals surface area contributed by atoms with Crippen molar-refractivity contribution in [3.8, 4) is 0 Å². The topological polar surface area (TPSA) is 54.0 Å². The molecule has 1 fully saturated rings. The van der Waals surface area contributed by atoms with Crippen molar-refractivity contribution in [2.75, 3.05) is 13.1 Å². The smallest absolute Gasteiger partial charge is 0.270 e. The third-order valence-electron chi connectivity index (χ3n) is 3.92. The maximum Gasteiger partial charge on any atom is 0.270 e. The van der Waals surface area contributed by atoms with E-state index >= 15 is 0 Å². The van der Waals surface area contributed by atoms with Gasteiger partial charge in [0.05, 0.1) is 0 Å². The average Bonchev–Trinajstić information content (AvgIpc) is 2.46. The minimum absolute atomic E-state index is 0.0917. The van der Waals surface area contributed by atoms with E-state index in [9.17, 15) is 18.0 Å². The number of carbonyl (C=O) groups excluding carboxylic acids is 1. The molecule has 0 atom stereocenters. The van der Waals surface area contributed by atoms with E-state index in [2.05, 4.69) is 15.6 Å². The van der Waals surface area contributed by atoms with Crippen LogP contribution in [0.4, 0.5) is 13.2 Å². The third-order valence-corrected chi connectivity index (χ3v) is 3.92. The van der Waals surface area contributed by atoms with Crippen LogP contribution < -0.4 is 10.6 Å². The van der Waals surface area contributed by atoms with Gasteiger partial charge < -0.3 is 10.6 Å². The first-order valence-electron chi connectivity index (χ1n) is 7.20. The molecular weight excluding hydrogens is 295 g/mol. The van der Waals surface area contributed by atoms with Crippen molar-refractivity contribution in [1.29, 1.82) is 0 Å². The maximum absolute atomic E-state index is 14.1. The van der Waals surface area contributed by atoms with Gasteiger partial charge in [-0.15, -0.1) is 0 Å². The molecule has 1 aliphatic carbocycles. The van der Waals surface area contributed by atoms with E-state index in [1.54, 1.807) is 0 Å². The molecule has 0 bridgehead atoms. The highest BCUT2D eigenvalue weighted by Crippen LogP contribution is 2.37. The number of pyridine rings is 1. The summed E-state index contributed by atoms with van der Waals surface area (Å²) in [5, 5.41) is 5.57. The van der Waals surface area contributed by atoms with Gasteiger partial charge in [0, 0.05) is 31.0 Å². The minimum Gasteiger partial charge on any atom is -0.348 e. The van der Waals surface area contributed by atoms with Crippen LogP contribution >= 0.6 is 0 Å². The van der Waals surface area contributed by atoms with Crippen molar-refractivity contribution in [2.45, 2.75) is 31.2 Å². The summed E-state index contributed by atoms with van der Waals surface area (Å²) in [4.78, 5) is 15.6. The van der Waals surface area contributed by atoms with E-state index in [1.807, 2.05) is 6.08 Å². The molecule has 2 heterocycles. The summed E-state index contributed by atoms with van der Waals surface area (Å²) < 4.78 is 39.5.